The van der Waals surface area contributed by atoms with Gasteiger partial charge in [-0.1, -0.05) is 0 Å². The third-order valence-electron chi connectivity index (χ3n) is 2.50. The first-order chi connectivity index (χ1) is 8.20. The molecule has 0 aromatic carbocycles. The Hall–Kier alpha value is -1.12. The molecule has 0 saturated heterocycles. The minimum atomic E-state index is -0.0708. The highest BCUT2D eigenvalue weighted by molar-refractivity contribution is 9.11. The average molecular weight is 311 g/mol. The van der Waals surface area contributed by atoms with Crippen LogP contribution in [0.5, 0.6) is 0 Å². The first-order valence-corrected chi connectivity index (χ1v) is 6.92. The molecule has 88 valence electrons. The van der Waals surface area contributed by atoms with E-state index in [1.165, 1.54) is 0 Å². The minimum Gasteiger partial charge on any atom is -0.323 e. The Kier molecular flexibility index (Phi) is 3.97. The van der Waals surface area contributed by atoms with Crippen LogP contribution in [-0.4, -0.2) is 23.4 Å². The quantitative estimate of drug-likeness (QED) is 0.634. The van der Waals surface area contributed by atoms with Crippen molar-refractivity contribution < 1.29 is 4.79 Å². The molecule has 2 rings (SSSR count). The maximum absolute atomic E-state index is 11.9. The zero-order chi connectivity index (χ0) is 12.3. The molecule has 0 spiro atoms. The molecule has 5 heteroatoms. The normalized spacial score (nSPS) is 14.8. The second-order valence-electron chi connectivity index (χ2n) is 3.83. The Bertz CT molecular complexity index is 485. The number of carbonyl (C=O) groups is 1. The number of hydrogen-bond acceptors (Lipinski definition) is 3. The van der Waals surface area contributed by atoms with Gasteiger partial charge in [0, 0.05) is 17.0 Å². The van der Waals surface area contributed by atoms with Crippen LogP contribution in [0.15, 0.2) is 22.0 Å². The van der Waals surface area contributed by atoms with Gasteiger partial charge in [0.15, 0.2) is 0 Å². The molecule has 0 radical (unpaired) electrons. The SMILES string of the molecule is N#CCN(C(=O)C=Cc1ccc(Br)s1)C1CC1. The van der Waals surface area contributed by atoms with Crippen LogP contribution in [0.1, 0.15) is 17.7 Å². The summed E-state index contributed by atoms with van der Waals surface area (Å²) in [4.78, 5) is 14.5. The number of nitriles is 1. The van der Waals surface area contributed by atoms with Gasteiger partial charge in [0.05, 0.1) is 9.86 Å². The fraction of sp³-hybridized carbons (Fsp3) is 0.333. The van der Waals surface area contributed by atoms with Gasteiger partial charge in [0.25, 0.3) is 0 Å². The summed E-state index contributed by atoms with van der Waals surface area (Å²) in [5.41, 5.74) is 0. The Morgan fingerprint density at radius 3 is 2.94 bits per heavy atom. The standard InChI is InChI=1S/C12H11BrN2OS/c13-11-5-3-10(17-11)4-6-12(16)15(8-7-14)9-1-2-9/h3-6,9H,1-2,8H2. The second kappa shape index (κ2) is 5.48. The molecule has 1 fully saturated rings. The Morgan fingerprint density at radius 2 is 2.41 bits per heavy atom. The third-order valence-corrected chi connectivity index (χ3v) is 4.08. The fourth-order valence-corrected chi connectivity index (χ4v) is 2.84. The number of rotatable bonds is 4. The van der Waals surface area contributed by atoms with E-state index in [1.807, 2.05) is 18.2 Å². The van der Waals surface area contributed by atoms with Crippen LogP contribution in [0.4, 0.5) is 0 Å². The molecular formula is C12H11BrN2OS. The van der Waals surface area contributed by atoms with E-state index in [4.69, 9.17) is 5.26 Å². The van der Waals surface area contributed by atoms with E-state index in [-0.39, 0.29) is 18.5 Å². The molecule has 1 saturated carbocycles. The summed E-state index contributed by atoms with van der Waals surface area (Å²) < 4.78 is 1.04. The number of amides is 1. The van der Waals surface area contributed by atoms with Crippen molar-refractivity contribution in [2.75, 3.05) is 6.54 Å². The average Bonchev–Trinajstić information content (AvgIpc) is 3.06. The zero-order valence-electron chi connectivity index (χ0n) is 9.10. The van der Waals surface area contributed by atoms with Crippen molar-refractivity contribution in [3.63, 3.8) is 0 Å². The monoisotopic (exact) mass is 310 g/mol. The molecule has 1 aromatic rings. The van der Waals surface area contributed by atoms with Gasteiger partial charge >= 0.3 is 0 Å². The predicted molar refractivity (Wildman–Crippen MR) is 71.4 cm³/mol. The Balaban J connectivity index is 1.99. The van der Waals surface area contributed by atoms with E-state index in [2.05, 4.69) is 15.9 Å². The van der Waals surface area contributed by atoms with Crippen molar-refractivity contribution in [2.24, 2.45) is 0 Å². The summed E-state index contributed by atoms with van der Waals surface area (Å²) in [5, 5.41) is 8.68. The summed E-state index contributed by atoms with van der Waals surface area (Å²) >= 11 is 4.95. The summed E-state index contributed by atoms with van der Waals surface area (Å²) in [5.74, 6) is -0.0708. The third kappa shape index (κ3) is 3.42. The number of halogens is 1. The van der Waals surface area contributed by atoms with E-state index in [1.54, 1.807) is 28.4 Å². The molecule has 1 aliphatic rings. The molecule has 0 unspecified atom stereocenters. The van der Waals surface area contributed by atoms with Crippen LogP contribution >= 0.6 is 27.3 Å². The van der Waals surface area contributed by atoms with E-state index in [0.717, 1.165) is 21.5 Å². The molecule has 1 aromatic heterocycles. The van der Waals surface area contributed by atoms with Gasteiger partial charge in [0.2, 0.25) is 5.91 Å². The first-order valence-electron chi connectivity index (χ1n) is 5.31. The summed E-state index contributed by atoms with van der Waals surface area (Å²) in [6, 6.07) is 6.21. The lowest BCUT2D eigenvalue weighted by atomic mass is 10.3. The molecular weight excluding hydrogens is 300 g/mol. The highest BCUT2D eigenvalue weighted by Gasteiger charge is 2.31. The highest BCUT2D eigenvalue weighted by atomic mass is 79.9. The van der Waals surface area contributed by atoms with Crippen LogP contribution in [0.2, 0.25) is 0 Å². The van der Waals surface area contributed by atoms with Crippen molar-refractivity contribution in [1.29, 1.82) is 5.26 Å². The first kappa shape index (κ1) is 12.3. The second-order valence-corrected chi connectivity index (χ2v) is 6.33. The van der Waals surface area contributed by atoms with Crippen molar-refractivity contribution in [2.45, 2.75) is 18.9 Å². The van der Waals surface area contributed by atoms with Crippen molar-refractivity contribution >= 4 is 39.2 Å². The molecule has 0 atom stereocenters. The molecule has 0 N–H and O–H groups in total. The van der Waals surface area contributed by atoms with Crippen molar-refractivity contribution in [3.8, 4) is 6.07 Å². The van der Waals surface area contributed by atoms with Gasteiger partial charge in [-0.3, -0.25) is 4.79 Å². The van der Waals surface area contributed by atoms with Crippen LogP contribution in [0, 0.1) is 11.3 Å². The predicted octanol–water partition coefficient (Wildman–Crippen LogP) is 3.04. The van der Waals surface area contributed by atoms with Gasteiger partial charge < -0.3 is 4.90 Å². The van der Waals surface area contributed by atoms with Crippen LogP contribution < -0.4 is 0 Å². The number of thiophene rings is 1. The lowest BCUT2D eigenvalue weighted by molar-refractivity contribution is -0.125. The number of nitrogens with zero attached hydrogens (tertiary/aromatic N) is 2. The van der Waals surface area contributed by atoms with Gasteiger partial charge in [-0.2, -0.15) is 5.26 Å². The van der Waals surface area contributed by atoms with Gasteiger partial charge in [-0.05, 0) is 47.0 Å². The maximum Gasteiger partial charge on any atom is 0.247 e. The van der Waals surface area contributed by atoms with E-state index >= 15 is 0 Å². The lowest BCUT2D eigenvalue weighted by Crippen LogP contribution is -2.31. The van der Waals surface area contributed by atoms with Gasteiger partial charge in [0.1, 0.15) is 6.54 Å². The van der Waals surface area contributed by atoms with Gasteiger partial charge in [-0.25, -0.2) is 0 Å². The fourth-order valence-electron chi connectivity index (χ4n) is 1.52. The zero-order valence-corrected chi connectivity index (χ0v) is 11.5. The van der Waals surface area contributed by atoms with E-state index in [9.17, 15) is 4.79 Å². The van der Waals surface area contributed by atoms with Crippen molar-refractivity contribution in [3.05, 3.63) is 26.9 Å². The molecule has 1 amide bonds. The van der Waals surface area contributed by atoms with E-state index in [0.29, 0.717) is 0 Å². The van der Waals surface area contributed by atoms with Crippen LogP contribution in [0.3, 0.4) is 0 Å². The lowest BCUT2D eigenvalue weighted by Gasteiger charge is -2.16. The summed E-state index contributed by atoms with van der Waals surface area (Å²) in [7, 11) is 0. The topological polar surface area (TPSA) is 44.1 Å². The van der Waals surface area contributed by atoms with Gasteiger partial charge in [-0.15, -0.1) is 11.3 Å². The molecule has 0 bridgehead atoms. The van der Waals surface area contributed by atoms with Crippen LogP contribution in [0.25, 0.3) is 6.08 Å². The summed E-state index contributed by atoms with van der Waals surface area (Å²) in [6.45, 7) is 0.183. The smallest absolute Gasteiger partial charge is 0.247 e. The Labute approximate surface area is 112 Å². The molecule has 1 aliphatic carbocycles. The summed E-state index contributed by atoms with van der Waals surface area (Å²) in [6.07, 6.45) is 5.38. The van der Waals surface area contributed by atoms with E-state index < -0.39 is 0 Å². The molecule has 0 aliphatic heterocycles. The Morgan fingerprint density at radius 1 is 1.65 bits per heavy atom. The van der Waals surface area contributed by atoms with Crippen LogP contribution in [-0.2, 0) is 4.79 Å². The highest BCUT2D eigenvalue weighted by Crippen LogP contribution is 2.27. The number of hydrogen-bond donors (Lipinski definition) is 0. The maximum atomic E-state index is 11.9. The molecule has 3 nitrogen and oxygen atoms in total. The molecule has 17 heavy (non-hydrogen) atoms. The largest absolute Gasteiger partial charge is 0.323 e. The van der Waals surface area contributed by atoms with Crippen molar-refractivity contribution in [1.82, 2.24) is 4.90 Å². The minimum absolute atomic E-state index is 0.0708. The molecule has 1 heterocycles. The number of carbonyl (C=O) groups excluding carboxylic acids is 1.